The largest absolute Gasteiger partial charge is 0.493 e. The Morgan fingerprint density at radius 3 is 2.88 bits per heavy atom. The molecule has 3 heterocycles. The predicted molar refractivity (Wildman–Crippen MR) is 125 cm³/mol. The fourth-order valence-electron chi connectivity index (χ4n) is 4.33. The Morgan fingerprint density at radius 2 is 2.09 bits per heavy atom. The molecule has 0 bridgehead atoms. The quantitative estimate of drug-likeness (QED) is 0.466. The van der Waals surface area contributed by atoms with Gasteiger partial charge in [0, 0.05) is 23.5 Å². The van der Waals surface area contributed by atoms with E-state index in [9.17, 15) is 4.79 Å². The Kier molecular flexibility index (Phi) is 5.09. The van der Waals surface area contributed by atoms with Crippen molar-refractivity contribution in [1.29, 1.82) is 0 Å². The second-order valence-electron chi connectivity index (χ2n) is 7.84. The summed E-state index contributed by atoms with van der Waals surface area (Å²) in [6.07, 6.45) is 0.311. The first-order chi connectivity index (χ1) is 15.5. The summed E-state index contributed by atoms with van der Waals surface area (Å²) in [4.78, 5) is 17.6. The summed E-state index contributed by atoms with van der Waals surface area (Å²) in [5, 5.41) is 8.55. The highest BCUT2D eigenvalue weighted by Gasteiger charge is 2.35. The van der Waals surface area contributed by atoms with Crippen LogP contribution in [0.2, 0.25) is 0 Å². The minimum atomic E-state index is -0.194. The molecule has 2 aromatic carbocycles. The highest BCUT2D eigenvalue weighted by molar-refractivity contribution is 7.20. The number of hydrogen-bond donors (Lipinski definition) is 1. The van der Waals surface area contributed by atoms with Gasteiger partial charge in [0.1, 0.15) is 5.82 Å². The number of amides is 1. The van der Waals surface area contributed by atoms with E-state index < -0.39 is 0 Å². The average molecular weight is 449 g/mol. The molecule has 4 aromatic rings. The van der Waals surface area contributed by atoms with E-state index in [0.717, 1.165) is 32.2 Å². The summed E-state index contributed by atoms with van der Waals surface area (Å²) in [7, 11) is 1.62. The molecule has 8 heteroatoms. The zero-order valence-electron chi connectivity index (χ0n) is 18.4. The monoisotopic (exact) mass is 448 g/mol. The van der Waals surface area contributed by atoms with Gasteiger partial charge in [0.05, 0.1) is 29.6 Å². The molecule has 0 saturated carbocycles. The third-order valence-corrected chi connectivity index (χ3v) is 6.70. The molecule has 1 amide bonds. The number of para-hydroxylation sites is 1. The average Bonchev–Trinajstić information content (AvgIpc) is 3.34. The zero-order valence-corrected chi connectivity index (χ0v) is 19.2. The number of aromatic nitrogens is 3. The van der Waals surface area contributed by atoms with E-state index in [2.05, 4.69) is 18.3 Å². The van der Waals surface area contributed by atoms with Crippen molar-refractivity contribution in [2.45, 2.75) is 33.1 Å². The van der Waals surface area contributed by atoms with Crippen molar-refractivity contribution in [2.24, 2.45) is 0 Å². The van der Waals surface area contributed by atoms with Crippen LogP contribution in [0.15, 0.2) is 36.4 Å². The van der Waals surface area contributed by atoms with Gasteiger partial charge in [-0.15, -0.1) is 0 Å². The van der Waals surface area contributed by atoms with Gasteiger partial charge in [-0.3, -0.25) is 4.79 Å². The van der Waals surface area contributed by atoms with E-state index in [1.165, 1.54) is 5.56 Å². The lowest BCUT2D eigenvalue weighted by atomic mass is 9.85. The van der Waals surface area contributed by atoms with Gasteiger partial charge >= 0.3 is 0 Å². The second kappa shape index (κ2) is 7.94. The first-order valence-electron chi connectivity index (χ1n) is 10.6. The van der Waals surface area contributed by atoms with Crippen LogP contribution < -0.4 is 14.8 Å². The van der Waals surface area contributed by atoms with Crippen LogP contribution in [0.25, 0.3) is 15.3 Å². The maximum absolute atomic E-state index is 12.8. The number of nitrogens with one attached hydrogen (secondary N) is 1. The maximum Gasteiger partial charge on any atom is 0.226 e. The standard InChI is InChI=1S/C24H24N4O3S/c1-5-31-22-15(7-6-8-18(22)30-4)16-12-20(29)26-23-21(16)14(3)27-28(23)24-25-17-10-9-13(2)11-19(17)32-24/h6-11,16H,5,12H2,1-4H3,(H,26,29). The van der Waals surface area contributed by atoms with Crippen molar-refractivity contribution in [2.75, 3.05) is 19.0 Å². The third-order valence-electron chi connectivity index (χ3n) is 5.71. The molecule has 1 aliphatic heterocycles. The van der Waals surface area contributed by atoms with E-state index in [0.29, 0.717) is 30.3 Å². The number of rotatable bonds is 5. The van der Waals surface area contributed by atoms with Gasteiger partial charge in [-0.2, -0.15) is 9.78 Å². The summed E-state index contributed by atoms with van der Waals surface area (Å²) in [5.41, 5.74) is 4.86. The summed E-state index contributed by atoms with van der Waals surface area (Å²) in [6.45, 7) is 6.47. The lowest BCUT2D eigenvalue weighted by Gasteiger charge is -2.26. The summed E-state index contributed by atoms with van der Waals surface area (Å²) >= 11 is 1.56. The Morgan fingerprint density at radius 1 is 1.25 bits per heavy atom. The molecule has 0 aliphatic carbocycles. The van der Waals surface area contributed by atoms with Gasteiger partial charge in [0.2, 0.25) is 11.0 Å². The number of nitrogens with zero attached hydrogens (tertiary/aromatic N) is 3. The van der Waals surface area contributed by atoms with Gasteiger partial charge in [0.25, 0.3) is 0 Å². The highest BCUT2D eigenvalue weighted by atomic mass is 32.1. The Hall–Kier alpha value is -3.39. The number of thiazole rings is 1. The van der Waals surface area contributed by atoms with Crippen molar-refractivity contribution >= 4 is 33.3 Å². The number of methoxy groups -OCH3 is 1. The summed E-state index contributed by atoms with van der Waals surface area (Å²) in [5.74, 6) is 1.74. The molecule has 0 radical (unpaired) electrons. The minimum Gasteiger partial charge on any atom is -0.493 e. The number of anilines is 1. The van der Waals surface area contributed by atoms with Crippen LogP contribution in [-0.2, 0) is 4.79 Å². The molecule has 1 N–H and O–H groups in total. The van der Waals surface area contributed by atoms with Gasteiger partial charge in [-0.25, -0.2) is 4.98 Å². The van der Waals surface area contributed by atoms with Crippen LogP contribution >= 0.6 is 11.3 Å². The first-order valence-corrected chi connectivity index (χ1v) is 11.4. The Balaban J connectivity index is 1.67. The minimum absolute atomic E-state index is 0.0640. The second-order valence-corrected chi connectivity index (χ2v) is 8.85. The number of aryl methyl sites for hydroxylation is 2. The van der Waals surface area contributed by atoms with E-state index in [4.69, 9.17) is 19.6 Å². The fraction of sp³-hybridized carbons (Fsp3) is 0.292. The number of carbonyl (C=O) groups excluding carboxylic acids is 1. The van der Waals surface area contributed by atoms with Crippen LogP contribution in [0.5, 0.6) is 11.5 Å². The number of fused-ring (bicyclic) bond motifs is 2. The molecule has 0 saturated heterocycles. The molecule has 0 spiro atoms. The van der Waals surface area contributed by atoms with E-state index >= 15 is 0 Å². The number of ether oxygens (including phenoxy) is 2. The molecular weight excluding hydrogens is 424 g/mol. The molecule has 7 nitrogen and oxygen atoms in total. The third kappa shape index (κ3) is 3.31. The first kappa shape index (κ1) is 20.5. The van der Waals surface area contributed by atoms with Crippen molar-refractivity contribution in [3.63, 3.8) is 0 Å². The SMILES string of the molecule is CCOc1c(OC)cccc1C1CC(=O)Nc2c1c(C)nn2-c1nc2ccc(C)cc2s1. The maximum atomic E-state index is 12.8. The number of carbonyl (C=O) groups is 1. The molecular formula is C24H24N4O3S. The topological polar surface area (TPSA) is 78.3 Å². The fourth-order valence-corrected chi connectivity index (χ4v) is 5.35. The van der Waals surface area contributed by atoms with E-state index in [1.807, 2.05) is 44.2 Å². The molecule has 1 unspecified atom stereocenters. The van der Waals surface area contributed by atoms with Gasteiger partial charge in [0.15, 0.2) is 11.5 Å². The number of benzene rings is 2. The predicted octanol–water partition coefficient (Wildman–Crippen LogP) is 4.98. The molecule has 0 fully saturated rings. The van der Waals surface area contributed by atoms with Crippen LogP contribution in [-0.4, -0.2) is 34.4 Å². The molecule has 32 heavy (non-hydrogen) atoms. The van der Waals surface area contributed by atoms with Crippen LogP contribution in [0.1, 0.15) is 41.6 Å². The molecule has 164 valence electrons. The highest BCUT2D eigenvalue weighted by Crippen LogP contribution is 2.46. The smallest absolute Gasteiger partial charge is 0.226 e. The number of hydrogen-bond acceptors (Lipinski definition) is 6. The van der Waals surface area contributed by atoms with Crippen LogP contribution in [0, 0.1) is 13.8 Å². The summed E-state index contributed by atoms with van der Waals surface area (Å²) < 4.78 is 14.3. The normalized spacial score (nSPS) is 15.5. The zero-order chi connectivity index (χ0) is 22.4. The van der Waals surface area contributed by atoms with Crippen molar-refractivity contribution in [3.05, 3.63) is 58.8 Å². The van der Waals surface area contributed by atoms with Crippen molar-refractivity contribution in [1.82, 2.24) is 14.8 Å². The lowest BCUT2D eigenvalue weighted by Crippen LogP contribution is -2.25. The van der Waals surface area contributed by atoms with Gasteiger partial charge < -0.3 is 14.8 Å². The van der Waals surface area contributed by atoms with Crippen LogP contribution in [0.4, 0.5) is 5.82 Å². The molecule has 2 aromatic heterocycles. The Labute approximate surface area is 190 Å². The lowest BCUT2D eigenvalue weighted by molar-refractivity contribution is -0.116. The molecule has 1 atom stereocenters. The van der Waals surface area contributed by atoms with Gasteiger partial charge in [-0.05, 0) is 44.5 Å². The molecule has 5 rings (SSSR count). The van der Waals surface area contributed by atoms with Crippen molar-refractivity contribution < 1.29 is 14.3 Å². The van der Waals surface area contributed by atoms with Gasteiger partial charge in [-0.1, -0.05) is 29.5 Å². The van der Waals surface area contributed by atoms with Crippen LogP contribution in [0.3, 0.4) is 0 Å². The van der Waals surface area contributed by atoms with E-state index in [-0.39, 0.29) is 11.8 Å². The molecule has 1 aliphatic rings. The van der Waals surface area contributed by atoms with E-state index in [1.54, 1.807) is 23.1 Å². The van der Waals surface area contributed by atoms with Crippen molar-refractivity contribution in [3.8, 4) is 16.6 Å². The summed E-state index contributed by atoms with van der Waals surface area (Å²) in [6, 6.07) is 12.0. The Bertz CT molecular complexity index is 1340.